The van der Waals surface area contributed by atoms with E-state index < -0.39 is 0 Å². The second-order valence-corrected chi connectivity index (χ2v) is 3.42. The molecule has 5 heteroatoms. The van der Waals surface area contributed by atoms with E-state index in [1.165, 1.54) is 5.69 Å². The summed E-state index contributed by atoms with van der Waals surface area (Å²) in [5.74, 6) is 0. The van der Waals surface area contributed by atoms with Gasteiger partial charge in [-0.3, -0.25) is 0 Å². The molecule has 2 atom stereocenters. The summed E-state index contributed by atoms with van der Waals surface area (Å²) < 4.78 is 1.74. The first-order valence-corrected chi connectivity index (χ1v) is 4.23. The zero-order valence-electron chi connectivity index (χ0n) is 6.20. The Bertz CT molecular complexity index is 270. The number of rotatable bonds is 0. The van der Waals surface area contributed by atoms with Crippen molar-refractivity contribution in [2.45, 2.75) is 25.3 Å². The first-order chi connectivity index (χ1) is 5.27. The molecule has 0 amide bonds. The second-order valence-electron chi connectivity index (χ2n) is 2.93. The lowest BCUT2D eigenvalue weighted by atomic mass is 9.97. The summed E-state index contributed by atoms with van der Waals surface area (Å²) in [5, 5.41) is 7.93. The average molecular weight is 170 g/mol. The maximum absolute atomic E-state index is 5.80. The Morgan fingerprint density at radius 2 is 2.45 bits per heavy atom. The lowest BCUT2D eigenvalue weighted by Gasteiger charge is -2.16. The molecule has 2 N–H and O–H groups in total. The molecule has 1 aliphatic rings. The summed E-state index contributed by atoms with van der Waals surface area (Å²) in [4.78, 5) is 0. The number of fused-ring (bicyclic) bond motifs is 1. The highest BCUT2D eigenvalue weighted by Crippen LogP contribution is 2.18. The number of aromatic nitrogens is 3. The van der Waals surface area contributed by atoms with Gasteiger partial charge in [-0.15, -0.1) is 5.10 Å². The fourth-order valence-electron chi connectivity index (χ4n) is 1.42. The summed E-state index contributed by atoms with van der Waals surface area (Å²) >= 11 is 0. The average Bonchev–Trinajstić information content (AvgIpc) is 2.33. The van der Waals surface area contributed by atoms with Crippen LogP contribution in [-0.4, -0.2) is 20.8 Å². The fourth-order valence-corrected chi connectivity index (χ4v) is 1.73. The Morgan fingerprint density at radius 1 is 1.64 bits per heavy atom. The van der Waals surface area contributed by atoms with E-state index in [0.29, 0.717) is 6.04 Å². The molecule has 0 saturated carbocycles. The summed E-state index contributed by atoms with van der Waals surface area (Å²) in [6.45, 7) is 0. The van der Waals surface area contributed by atoms with Crippen molar-refractivity contribution >= 4 is 9.39 Å². The molecule has 0 bridgehead atoms. The summed E-state index contributed by atoms with van der Waals surface area (Å²) in [7, 11) is 2.52. The van der Waals surface area contributed by atoms with Gasteiger partial charge < -0.3 is 5.73 Å². The van der Waals surface area contributed by atoms with Crippen LogP contribution >= 0.6 is 9.39 Å². The van der Waals surface area contributed by atoms with Crippen LogP contribution in [0.3, 0.4) is 0 Å². The van der Waals surface area contributed by atoms with Crippen molar-refractivity contribution in [1.82, 2.24) is 14.8 Å². The van der Waals surface area contributed by atoms with Gasteiger partial charge in [0.2, 0.25) is 0 Å². The van der Waals surface area contributed by atoms with E-state index in [2.05, 4.69) is 19.7 Å². The SMILES string of the molecule is NC1CCc2nnn(P)c2C1. The summed E-state index contributed by atoms with van der Waals surface area (Å²) in [6, 6.07) is 0.292. The maximum atomic E-state index is 5.80. The van der Waals surface area contributed by atoms with Crippen molar-refractivity contribution < 1.29 is 0 Å². The third kappa shape index (κ3) is 1.17. The molecule has 0 radical (unpaired) electrons. The van der Waals surface area contributed by atoms with Crippen LogP contribution in [0.5, 0.6) is 0 Å². The van der Waals surface area contributed by atoms with Crippen LogP contribution in [0.15, 0.2) is 0 Å². The van der Waals surface area contributed by atoms with Gasteiger partial charge in [-0.05, 0) is 22.2 Å². The number of nitrogens with two attached hydrogens (primary N) is 1. The largest absolute Gasteiger partial charge is 0.327 e. The van der Waals surface area contributed by atoms with Gasteiger partial charge in [-0.25, -0.2) is 4.45 Å². The highest BCUT2D eigenvalue weighted by atomic mass is 31.0. The quantitative estimate of drug-likeness (QED) is 0.545. The molecule has 4 nitrogen and oxygen atoms in total. The van der Waals surface area contributed by atoms with Gasteiger partial charge in [0, 0.05) is 12.5 Å². The van der Waals surface area contributed by atoms with Crippen LogP contribution in [0.2, 0.25) is 0 Å². The molecular formula is C6H11N4P. The van der Waals surface area contributed by atoms with E-state index in [1.807, 2.05) is 0 Å². The molecular weight excluding hydrogens is 159 g/mol. The Kier molecular flexibility index (Phi) is 1.66. The lowest BCUT2D eigenvalue weighted by molar-refractivity contribution is 0.562. The first-order valence-electron chi connectivity index (χ1n) is 3.71. The summed E-state index contributed by atoms with van der Waals surface area (Å²) in [6.07, 6.45) is 2.92. The Morgan fingerprint density at radius 3 is 3.27 bits per heavy atom. The van der Waals surface area contributed by atoms with Crippen LogP contribution in [0.1, 0.15) is 17.8 Å². The second kappa shape index (κ2) is 2.54. The van der Waals surface area contributed by atoms with Crippen LogP contribution in [-0.2, 0) is 12.8 Å². The molecule has 1 aromatic rings. The van der Waals surface area contributed by atoms with Gasteiger partial charge in [0.1, 0.15) is 0 Å². The minimum absolute atomic E-state index is 0.292. The van der Waals surface area contributed by atoms with Crippen LogP contribution in [0, 0.1) is 0 Å². The van der Waals surface area contributed by atoms with Crippen LogP contribution < -0.4 is 5.73 Å². The highest BCUT2D eigenvalue weighted by molar-refractivity contribution is 7.14. The Balaban J connectivity index is 2.37. The zero-order valence-corrected chi connectivity index (χ0v) is 7.35. The Hall–Kier alpha value is -0.470. The van der Waals surface area contributed by atoms with Crippen LogP contribution in [0.4, 0.5) is 0 Å². The third-order valence-corrected chi connectivity index (χ3v) is 2.49. The topological polar surface area (TPSA) is 56.7 Å². The van der Waals surface area contributed by atoms with Crippen molar-refractivity contribution in [3.8, 4) is 0 Å². The van der Waals surface area contributed by atoms with E-state index in [4.69, 9.17) is 5.73 Å². The lowest BCUT2D eigenvalue weighted by Crippen LogP contribution is -2.28. The third-order valence-electron chi connectivity index (χ3n) is 2.08. The maximum Gasteiger partial charge on any atom is 0.0863 e. The summed E-state index contributed by atoms with van der Waals surface area (Å²) in [5.41, 5.74) is 8.09. The molecule has 2 unspecified atom stereocenters. The van der Waals surface area contributed by atoms with Crippen molar-refractivity contribution in [3.63, 3.8) is 0 Å². The molecule has 0 aromatic carbocycles. The van der Waals surface area contributed by atoms with Gasteiger partial charge in [0.15, 0.2) is 0 Å². The van der Waals surface area contributed by atoms with Gasteiger partial charge >= 0.3 is 0 Å². The molecule has 1 aromatic heterocycles. The van der Waals surface area contributed by atoms with E-state index in [0.717, 1.165) is 25.0 Å². The standard InChI is InChI=1S/C6H11N4P/c7-4-1-2-5-6(3-4)10(11)9-8-5/h4H,1-3,7,11H2. The Labute approximate surface area is 67.4 Å². The number of aryl methyl sites for hydroxylation is 1. The smallest absolute Gasteiger partial charge is 0.0863 e. The molecule has 0 fully saturated rings. The van der Waals surface area contributed by atoms with Crippen molar-refractivity contribution in [2.24, 2.45) is 5.73 Å². The van der Waals surface area contributed by atoms with Crippen molar-refractivity contribution in [3.05, 3.63) is 11.4 Å². The van der Waals surface area contributed by atoms with E-state index in [-0.39, 0.29) is 0 Å². The normalized spacial score (nSPS) is 23.3. The van der Waals surface area contributed by atoms with Crippen LogP contribution in [0.25, 0.3) is 0 Å². The van der Waals surface area contributed by atoms with Crippen molar-refractivity contribution in [2.75, 3.05) is 0 Å². The zero-order chi connectivity index (χ0) is 7.84. The predicted octanol–water partition coefficient (Wildman–Crippen LogP) is -0.268. The van der Waals surface area contributed by atoms with E-state index in [1.54, 1.807) is 4.45 Å². The molecule has 0 saturated heterocycles. The van der Waals surface area contributed by atoms with Gasteiger partial charge in [0.05, 0.1) is 11.4 Å². The fraction of sp³-hybridized carbons (Fsp3) is 0.667. The number of hydrogen-bond donors (Lipinski definition) is 1. The highest BCUT2D eigenvalue weighted by Gasteiger charge is 2.19. The molecule has 1 heterocycles. The number of hydrogen-bond acceptors (Lipinski definition) is 3. The molecule has 0 aliphatic heterocycles. The van der Waals surface area contributed by atoms with E-state index >= 15 is 0 Å². The number of nitrogens with zero attached hydrogens (tertiary/aromatic N) is 3. The molecule has 60 valence electrons. The van der Waals surface area contributed by atoms with Gasteiger partial charge in [0.25, 0.3) is 0 Å². The molecule has 2 rings (SSSR count). The van der Waals surface area contributed by atoms with Gasteiger partial charge in [-0.1, -0.05) is 5.21 Å². The minimum atomic E-state index is 0.292. The van der Waals surface area contributed by atoms with E-state index in [9.17, 15) is 0 Å². The molecule has 1 aliphatic carbocycles. The van der Waals surface area contributed by atoms with Gasteiger partial charge in [-0.2, -0.15) is 0 Å². The monoisotopic (exact) mass is 170 g/mol. The minimum Gasteiger partial charge on any atom is -0.327 e. The predicted molar refractivity (Wildman–Crippen MR) is 45.1 cm³/mol. The van der Waals surface area contributed by atoms with Crippen molar-refractivity contribution in [1.29, 1.82) is 0 Å². The molecule has 0 spiro atoms. The first kappa shape index (κ1) is 7.19. The molecule has 11 heavy (non-hydrogen) atoms.